The lowest BCUT2D eigenvalue weighted by molar-refractivity contribution is 0.00779. The maximum absolute atomic E-state index is 6.51. The minimum Gasteiger partial charge on any atom is -0.465 e. The third kappa shape index (κ3) is 3.04. The van der Waals surface area contributed by atoms with Crippen molar-refractivity contribution >= 4 is 0 Å². The number of fused-ring (bicyclic) bond motifs is 1. The van der Waals surface area contributed by atoms with Crippen molar-refractivity contribution in [1.82, 2.24) is 4.90 Å². The molecule has 1 saturated heterocycles. The summed E-state index contributed by atoms with van der Waals surface area (Å²) in [5.41, 5.74) is 6.51. The Morgan fingerprint density at radius 2 is 2.00 bits per heavy atom. The average molecular weight is 290 g/mol. The molecule has 3 nitrogen and oxygen atoms in total. The molecule has 2 heterocycles. The van der Waals surface area contributed by atoms with Crippen LogP contribution >= 0.6 is 0 Å². The van der Waals surface area contributed by atoms with E-state index >= 15 is 0 Å². The number of furan rings is 1. The normalized spacial score (nSPS) is 29.9. The van der Waals surface area contributed by atoms with E-state index in [0.29, 0.717) is 0 Å². The second-order valence-electron chi connectivity index (χ2n) is 6.96. The molecule has 0 amide bonds. The zero-order valence-electron chi connectivity index (χ0n) is 13.6. The molecule has 4 atom stereocenters. The number of hydrogen-bond donors (Lipinski definition) is 1. The SMILES string of the molecule is CCC(N)C(c1ccc(C)o1)N1CCC[C@H]2CCCC[C@H]21. The fourth-order valence-electron chi connectivity index (χ4n) is 4.46. The monoisotopic (exact) mass is 290 g/mol. The number of nitrogens with two attached hydrogens (primary N) is 1. The molecule has 2 fully saturated rings. The van der Waals surface area contributed by atoms with Crippen LogP contribution in [0.2, 0.25) is 0 Å². The van der Waals surface area contributed by atoms with Gasteiger partial charge in [0, 0.05) is 12.1 Å². The van der Waals surface area contributed by atoms with Gasteiger partial charge in [0.2, 0.25) is 0 Å². The molecule has 1 aliphatic heterocycles. The largest absolute Gasteiger partial charge is 0.465 e. The van der Waals surface area contributed by atoms with Gasteiger partial charge in [0.05, 0.1) is 6.04 Å². The van der Waals surface area contributed by atoms with Crippen molar-refractivity contribution in [3.05, 3.63) is 23.7 Å². The molecule has 118 valence electrons. The standard InChI is InChI=1S/C18H30N2O/c1-3-15(19)18(17-11-10-13(2)21-17)20-12-6-8-14-7-4-5-9-16(14)20/h10-11,14-16,18H,3-9,12,19H2,1-2H3/t14-,15?,16-,18?/m1/s1. The van der Waals surface area contributed by atoms with E-state index in [-0.39, 0.29) is 12.1 Å². The van der Waals surface area contributed by atoms with Gasteiger partial charge in [-0.25, -0.2) is 0 Å². The first-order valence-electron chi connectivity index (χ1n) is 8.78. The van der Waals surface area contributed by atoms with E-state index in [4.69, 9.17) is 10.2 Å². The lowest BCUT2D eigenvalue weighted by atomic mass is 9.77. The van der Waals surface area contributed by atoms with Crippen LogP contribution in [-0.2, 0) is 0 Å². The number of likely N-dealkylation sites (tertiary alicyclic amines) is 1. The van der Waals surface area contributed by atoms with Crippen LogP contribution in [-0.4, -0.2) is 23.5 Å². The summed E-state index contributed by atoms with van der Waals surface area (Å²) in [6.07, 6.45) is 9.27. The summed E-state index contributed by atoms with van der Waals surface area (Å²) < 4.78 is 5.98. The molecular formula is C18H30N2O. The zero-order valence-corrected chi connectivity index (χ0v) is 13.6. The van der Waals surface area contributed by atoms with Crippen molar-refractivity contribution in [2.75, 3.05) is 6.54 Å². The van der Waals surface area contributed by atoms with Crippen LogP contribution in [0, 0.1) is 12.8 Å². The van der Waals surface area contributed by atoms with Gasteiger partial charge in [-0.1, -0.05) is 19.8 Å². The van der Waals surface area contributed by atoms with Gasteiger partial charge in [0.15, 0.2) is 0 Å². The highest BCUT2D eigenvalue weighted by molar-refractivity contribution is 5.13. The first kappa shape index (κ1) is 15.1. The third-order valence-corrected chi connectivity index (χ3v) is 5.57. The van der Waals surface area contributed by atoms with Gasteiger partial charge in [-0.15, -0.1) is 0 Å². The fraction of sp³-hybridized carbons (Fsp3) is 0.778. The molecule has 0 bridgehead atoms. The van der Waals surface area contributed by atoms with E-state index < -0.39 is 0 Å². The Kier molecular flexibility index (Phi) is 4.70. The minimum atomic E-state index is 0.163. The van der Waals surface area contributed by atoms with Gasteiger partial charge in [-0.2, -0.15) is 0 Å². The van der Waals surface area contributed by atoms with Gasteiger partial charge in [0.1, 0.15) is 11.5 Å². The Morgan fingerprint density at radius 1 is 1.24 bits per heavy atom. The number of piperidine rings is 1. The molecule has 2 aliphatic rings. The summed E-state index contributed by atoms with van der Waals surface area (Å²) in [5.74, 6) is 2.96. The predicted octanol–water partition coefficient (Wildman–Crippen LogP) is 4.02. The van der Waals surface area contributed by atoms with Crippen molar-refractivity contribution in [1.29, 1.82) is 0 Å². The summed E-state index contributed by atoms with van der Waals surface area (Å²) in [6, 6.07) is 5.36. The summed E-state index contributed by atoms with van der Waals surface area (Å²) in [6.45, 7) is 5.40. The van der Waals surface area contributed by atoms with Crippen molar-refractivity contribution in [2.45, 2.75) is 76.9 Å². The second kappa shape index (κ2) is 6.53. The summed E-state index contributed by atoms with van der Waals surface area (Å²) in [5, 5.41) is 0. The third-order valence-electron chi connectivity index (χ3n) is 5.57. The molecule has 21 heavy (non-hydrogen) atoms. The Morgan fingerprint density at radius 3 is 2.71 bits per heavy atom. The molecule has 3 heteroatoms. The van der Waals surface area contributed by atoms with Crippen molar-refractivity contribution in [2.24, 2.45) is 11.7 Å². The second-order valence-corrected chi connectivity index (χ2v) is 6.96. The first-order valence-corrected chi connectivity index (χ1v) is 8.78. The Balaban J connectivity index is 1.87. The Hall–Kier alpha value is -0.800. The molecule has 1 aromatic rings. The summed E-state index contributed by atoms with van der Waals surface area (Å²) in [4.78, 5) is 2.69. The van der Waals surface area contributed by atoms with Gasteiger partial charge in [-0.05, 0) is 63.6 Å². The highest BCUT2D eigenvalue weighted by atomic mass is 16.3. The average Bonchev–Trinajstić information content (AvgIpc) is 2.93. The van der Waals surface area contributed by atoms with Crippen molar-refractivity contribution in [3.63, 3.8) is 0 Å². The molecule has 0 spiro atoms. The predicted molar refractivity (Wildman–Crippen MR) is 86.1 cm³/mol. The van der Waals surface area contributed by atoms with E-state index in [1.54, 1.807) is 0 Å². The molecule has 1 aliphatic carbocycles. The zero-order chi connectivity index (χ0) is 14.8. The number of hydrogen-bond acceptors (Lipinski definition) is 3. The Labute approximate surface area is 128 Å². The minimum absolute atomic E-state index is 0.163. The number of rotatable bonds is 4. The lowest BCUT2D eigenvalue weighted by Gasteiger charge is -2.48. The molecular weight excluding hydrogens is 260 g/mol. The van der Waals surface area contributed by atoms with Gasteiger partial charge in [0.25, 0.3) is 0 Å². The highest BCUT2D eigenvalue weighted by Crippen LogP contribution is 2.40. The first-order chi connectivity index (χ1) is 10.2. The van der Waals surface area contributed by atoms with Crippen LogP contribution in [0.5, 0.6) is 0 Å². The van der Waals surface area contributed by atoms with Gasteiger partial charge in [-0.3, -0.25) is 4.90 Å². The summed E-state index contributed by atoms with van der Waals surface area (Å²) in [7, 11) is 0. The molecule has 0 aromatic carbocycles. The number of nitrogens with zero attached hydrogens (tertiary/aromatic N) is 1. The van der Waals surface area contributed by atoms with E-state index in [9.17, 15) is 0 Å². The van der Waals surface area contributed by atoms with Crippen LogP contribution in [0.25, 0.3) is 0 Å². The van der Waals surface area contributed by atoms with Crippen LogP contribution in [0.1, 0.15) is 69.4 Å². The lowest BCUT2D eigenvalue weighted by Crippen LogP contribution is -2.52. The maximum atomic E-state index is 6.51. The van der Waals surface area contributed by atoms with E-state index in [0.717, 1.165) is 29.9 Å². The molecule has 3 rings (SSSR count). The smallest absolute Gasteiger partial charge is 0.122 e. The van der Waals surface area contributed by atoms with E-state index in [2.05, 4.69) is 24.0 Å². The Bertz CT molecular complexity index is 454. The van der Waals surface area contributed by atoms with Crippen LogP contribution in [0.4, 0.5) is 0 Å². The molecule has 0 radical (unpaired) electrons. The topological polar surface area (TPSA) is 42.4 Å². The van der Waals surface area contributed by atoms with Crippen molar-refractivity contribution < 1.29 is 4.42 Å². The van der Waals surface area contributed by atoms with Crippen LogP contribution in [0.3, 0.4) is 0 Å². The number of aryl methyl sites for hydroxylation is 1. The van der Waals surface area contributed by atoms with Crippen LogP contribution in [0.15, 0.2) is 16.5 Å². The molecule has 2 N–H and O–H groups in total. The van der Waals surface area contributed by atoms with E-state index in [1.807, 2.05) is 6.92 Å². The maximum Gasteiger partial charge on any atom is 0.122 e. The van der Waals surface area contributed by atoms with Gasteiger partial charge >= 0.3 is 0 Å². The molecule has 2 unspecified atom stereocenters. The molecule has 1 saturated carbocycles. The molecule has 1 aromatic heterocycles. The van der Waals surface area contributed by atoms with E-state index in [1.165, 1.54) is 45.1 Å². The summed E-state index contributed by atoms with van der Waals surface area (Å²) >= 11 is 0. The van der Waals surface area contributed by atoms with Crippen molar-refractivity contribution in [3.8, 4) is 0 Å². The highest BCUT2D eigenvalue weighted by Gasteiger charge is 2.39. The van der Waals surface area contributed by atoms with Crippen LogP contribution < -0.4 is 5.73 Å². The quantitative estimate of drug-likeness (QED) is 0.910. The van der Waals surface area contributed by atoms with Gasteiger partial charge < -0.3 is 10.2 Å². The fourth-order valence-corrected chi connectivity index (χ4v) is 4.46.